The van der Waals surface area contributed by atoms with Crippen LogP contribution in [0.5, 0.6) is 0 Å². The second-order valence-electron chi connectivity index (χ2n) is 8.53. The number of carbonyl (C=O) groups is 1. The molecule has 1 saturated carbocycles. The largest absolute Gasteiger partial charge is 0.379 e. The van der Waals surface area contributed by atoms with Crippen LogP contribution in [-0.4, -0.2) is 62.5 Å². The summed E-state index contributed by atoms with van der Waals surface area (Å²) in [6.07, 6.45) is 3.71. The molecule has 0 spiro atoms. The zero-order chi connectivity index (χ0) is 24.1. The monoisotopic (exact) mass is 488 g/mol. The van der Waals surface area contributed by atoms with Gasteiger partial charge in [0.2, 0.25) is 0 Å². The highest BCUT2D eigenvalue weighted by Crippen LogP contribution is 2.32. The Labute approximate surface area is 198 Å². The molecule has 1 heterocycles. The first-order chi connectivity index (χ1) is 16.3. The molecule has 34 heavy (non-hydrogen) atoms. The molecule has 2 aromatic carbocycles. The number of nitro benzene ring substituents is 1. The minimum atomic E-state index is -4.28. The Kier molecular flexibility index (Phi) is 7.44. The highest BCUT2D eigenvalue weighted by Gasteiger charge is 2.29. The first-order valence-electron chi connectivity index (χ1n) is 11.3. The van der Waals surface area contributed by atoms with Crippen molar-refractivity contribution >= 4 is 27.3 Å². The van der Waals surface area contributed by atoms with E-state index in [4.69, 9.17) is 4.74 Å². The van der Waals surface area contributed by atoms with Crippen LogP contribution in [0, 0.1) is 10.1 Å². The van der Waals surface area contributed by atoms with E-state index in [0.29, 0.717) is 6.04 Å². The van der Waals surface area contributed by atoms with Crippen molar-refractivity contribution in [2.24, 2.45) is 0 Å². The molecular weight excluding hydrogens is 460 g/mol. The molecule has 0 radical (unpaired) electrons. The predicted molar refractivity (Wildman–Crippen MR) is 126 cm³/mol. The smallest absolute Gasteiger partial charge is 0.293 e. The molecule has 10 nitrogen and oxygen atoms in total. The number of rotatable bonds is 7. The normalized spacial score (nSPS) is 21.5. The SMILES string of the molecule is O=C(NS(=O)(=O)c1ccc(NC2CCC(N3CCOCC3)CC2)c([N+](=O)[O-])c1)c1ccccc1. The van der Waals surface area contributed by atoms with Gasteiger partial charge in [-0.2, -0.15) is 0 Å². The minimum absolute atomic E-state index is 0.0660. The number of nitrogens with one attached hydrogen (secondary N) is 2. The molecule has 0 bridgehead atoms. The Morgan fingerprint density at radius 2 is 1.71 bits per heavy atom. The predicted octanol–water partition coefficient (Wildman–Crippen LogP) is 2.77. The average molecular weight is 489 g/mol. The van der Waals surface area contributed by atoms with Crippen LogP contribution in [0.3, 0.4) is 0 Å². The summed E-state index contributed by atoms with van der Waals surface area (Å²) in [5.41, 5.74) is 0.102. The number of carbonyl (C=O) groups excluding carboxylic acids is 1. The van der Waals surface area contributed by atoms with Gasteiger partial charge in [0, 0.05) is 36.8 Å². The van der Waals surface area contributed by atoms with Crippen LogP contribution in [0.4, 0.5) is 11.4 Å². The Balaban J connectivity index is 1.43. The van der Waals surface area contributed by atoms with Crippen LogP contribution in [0.15, 0.2) is 53.4 Å². The van der Waals surface area contributed by atoms with Crippen molar-refractivity contribution in [1.82, 2.24) is 9.62 Å². The van der Waals surface area contributed by atoms with E-state index in [9.17, 15) is 23.3 Å². The number of hydrogen-bond donors (Lipinski definition) is 2. The van der Waals surface area contributed by atoms with Crippen molar-refractivity contribution in [1.29, 1.82) is 0 Å². The zero-order valence-corrected chi connectivity index (χ0v) is 19.5. The van der Waals surface area contributed by atoms with Gasteiger partial charge in [-0.1, -0.05) is 18.2 Å². The maximum absolute atomic E-state index is 12.7. The molecule has 4 rings (SSSR count). The summed E-state index contributed by atoms with van der Waals surface area (Å²) in [7, 11) is -4.28. The van der Waals surface area contributed by atoms with Gasteiger partial charge in [-0.3, -0.25) is 19.8 Å². The van der Waals surface area contributed by atoms with Crippen molar-refractivity contribution in [3.8, 4) is 0 Å². The molecule has 182 valence electrons. The maximum Gasteiger partial charge on any atom is 0.293 e. The summed E-state index contributed by atoms with van der Waals surface area (Å²) in [4.78, 5) is 25.5. The summed E-state index contributed by atoms with van der Waals surface area (Å²) in [6.45, 7) is 3.38. The summed E-state index contributed by atoms with van der Waals surface area (Å²) in [6, 6.07) is 12.1. The van der Waals surface area contributed by atoms with Gasteiger partial charge in [0.05, 0.1) is 23.0 Å². The van der Waals surface area contributed by atoms with Gasteiger partial charge in [-0.25, -0.2) is 13.1 Å². The fourth-order valence-corrected chi connectivity index (χ4v) is 5.52. The number of nitro groups is 1. The van der Waals surface area contributed by atoms with E-state index in [1.165, 1.54) is 24.3 Å². The van der Waals surface area contributed by atoms with E-state index < -0.39 is 20.9 Å². The van der Waals surface area contributed by atoms with Crippen LogP contribution in [-0.2, 0) is 14.8 Å². The van der Waals surface area contributed by atoms with Gasteiger partial charge < -0.3 is 10.1 Å². The third-order valence-corrected chi connectivity index (χ3v) is 7.69. The van der Waals surface area contributed by atoms with Gasteiger partial charge in [0.25, 0.3) is 21.6 Å². The average Bonchev–Trinajstić information content (AvgIpc) is 2.85. The molecule has 0 unspecified atom stereocenters. The lowest BCUT2D eigenvalue weighted by molar-refractivity contribution is -0.384. The Hall–Kier alpha value is -3.02. The highest BCUT2D eigenvalue weighted by atomic mass is 32.2. The summed E-state index contributed by atoms with van der Waals surface area (Å²) in [5, 5.41) is 14.9. The fraction of sp³-hybridized carbons (Fsp3) is 0.435. The zero-order valence-electron chi connectivity index (χ0n) is 18.7. The molecule has 1 saturated heterocycles. The first kappa shape index (κ1) is 24.1. The molecule has 1 aliphatic heterocycles. The highest BCUT2D eigenvalue weighted by molar-refractivity contribution is 7.90. The van der Waals surface area contributed by atoms with Gasteiger partial charge in [-0.05, 0) is 49.9 Å². The molecule has 0 aromatic heterocycles. The summed E-state index contributed by atoms with van der Waals surface area (Å²) >= 11 is 0. The Morgan fingerprint density at radius 1 is 1.03 bits per heavy atom. The number of sulfonamides is 1. The Morgan fingerprint density at radius 3 is 2.35 bits per heavy atom. The van der Waals surface area contributed by atoms with Crippen LogP contribution >= 0.6 is 0 Å². The van der Waals surface area contributed by atoms with E-state index in [-0.39, 0.29) is 27.9 Å². The number of amides is 1. The number of morpholine rings is 1. The van der Waals surface area contributed by atoms with E-state index >= 15 is 0 Å². The molecule has 2 aromatic rings. The maximum atomic E-state index is 12.7. The molecule has 2 aliphatic rings. The van der Waals surface area contributed by atoms with Crippen molar-refractivity contribution in [2.45, 2.75) is 42.7 Å². The molecule has 11 heteroatoms. The summed E-state index contributed by atoms with van der Waals surface area (Å²) < 4.78 is 32.8. The van der Waals surface area contributed by atoms with Crippen LogP contribution in [0.1, 0.15) is 36.0 Å². The fourth-order valence-electron chi connectivity index (χ4n) is 4.53. The molecular formula is C23H28N4O6S. The number of ether oxygens (including phenoxy) is 1. The van der Waals surface area contributed by atoms with E-state index in [1.54, 1.807) is 18.2 Å². The molecule has 2 fully saturated rings. The van der Waals surface area contributed by atoms with Gasteiger partial charge in [0.15, 0.2) is 0 Å². The molecule has 1 aliphatic carbocycles. The van der Waals surface area contributed by atoms with Crippen LogP contribution < -0.4 is 10.0 Å². The minimum Gasteiger partial charge on any atom is -0.379 e. The number of nitrogens with zero attached hydrogens (tertiary/aromatic N) is 2. The van der Waals surface area contributed by atoms with E-state index in [2.05, 4.69) is 10.2 Å². The van der Waals surface area contributed by atoms with Crippen molar-refractivity contribution < 1.29 is 22.9 Å². The van der Waals surface area contributed by atoms with Crippen molar-refractivity contribution in [3.63, 3.8) is 0 Å². The standard InChI is InChI=1S/C23H28N4O6S/c28-23(17-4-2-1-3-5-17)25-34(31,32)20-10-11-21(22(16-20)27(29)30)24-18-6-8-19(9-7-18)26-12-14-33-15-13-26/h1-5,10-11,16,18-19,24H,6-9,12-15H2,(H,25,28). The van der Waals surface area contributed by atoms with Crippen LogP contribution in [0.25, 0.3) is 0 Å². The van der Waals surface area contributed by atoms with Crippen molar-refractivity contribution in [2.75, 3.05) is 31.6 Å². The number of anilines is 1. The van der Waals surface area contributed by atoms with Gasteiger partial charge in [0.1, 0.15) is 5.69 Å². The summed E-state index contributed by atoms with van der Waals surface area (Å²) in [5.74, 6) is -0.803. The van der Waals surface area contributed by atoms with E-state index in [1.807, 2.05) is 4.72 Å². The topological polar surface area (TPSA) is 131 Å². The molecule has 0 atom stereocenters. The number of hydrogen-bond acceptors (Lipinski definition) is 8. The second-order valence-corrected chi connectivity index (χ2v) is 10.2. The first-order valence-corrected chi connectivity index (χ1v) is 12.8. The van der Waals surface area contributed by atoms with Gasteiger partial charge in [-0.15, -0.1) is 0 Å². The van der Waals surface area contributed by atoms with E-state index in [0.717, 1.165) is 58.1 Å². The molecule has 1 amide bonds. The lowest BCUT2D eigenvalue weighted by Crippen LogP contribution is -2.46. The van der Waals surface area contributed by atoms with Gasteiger partial charge >= 0.3 is 0 Å². The van der Waals surface area contributed by atoms with Crippen LogP contribution in [0.2, 0.25) is 0 Å². The third kappa shape index (κ3) is 5.72. The Bertz CT molecular complexity index is 1130. The lowest BCUT2D eigenvalue weighted by Gasteiger charge is -2.39. The third-order valence-electron chi connectivity index (χ3n) is 6.36. The molecule has 2 N–H and O–H groups in total. The second kappa shape index (κ2) is 10.5. The lowest BCUT2D eigenvalue weighted by atomic mass is 9.89. The van der Waals surface area contributed by atoms with Crippen molar-refractivity contribution in [3.05, 3.63) is 64.2 Å². The quantitative estimate of drug-likeness (QED) is 0.449. The number of benzene rings is 2.